The summed E-state index contributed by atoms with van der Waals surface area (Å²) in [6.07, 6.45) is 2.93. The topological polar surface area (TPSA) is 137 Å². The number of nitrogen functional groups attached to an aromatic ring is 1. The maximum Gasteiger partial charge on any atom is 0.341 e. The van der Waals surface area contributed by atoms with Crippen molar-refractivity contribution >= 4 is 50.8 Å². The first kappa shape index (κ1) is 22.2. The van der Waals surface area contributed by atoms with Gasteiger partial charge < -0.3 is 15.8 Å². The summed E-state index contributed by atoms with van der Waals surface area (Å²) in [7, 11) is 0. The number of rotatable bonds is 5. The number of hydrogen-bond donors (Lipinski definition) is 3. The van der Waals surface area contributed by atoms with Gasteiger partial charge in [-0.3, -0.25) is 5.32 Å². The molecule has 0 spiro atoms. The Morgan fingerprint density at radius 1 is 1.15 bits per heavy atom. The quantitative estimate of drug-likeness (QED) is 0.341. The zero-order valence-corrected chi connectivity index (χ0v) is 19.4. The fourth-order valence-electron chi connectivity index (χ4n) is 3.35. The molecule has 0 radical (unpaired) electrons. The molecule has 0 unspecified atom stereocenters. The molecule has 168 valence electrons. The summed E-state index contributed by atoms with van der Waals surface area (Å²) < 4.78 is 7.15. The lowest BCUT2D eigenvalue weighted by Gasteiger charge is -2.09. The molecule has 10 nitrogen and oxygen atoms in total. The molecule has 0 aliphatic rings. The average Bonchev–Trinajstić information content (AvgIpc) is 3.08. The third-order valence-electron chi connectivity index (χ3n) is 4.77. The summed E-state index contributed by atoms with van der Waals surface area (Å²) >= 11 is 3.43. The third kappa shape index (κ3) is 4.48. The molecule has 11 heteroatoms. The molecule has 0 aliphatic heterocycles. The number of hydrogen-bond acceptors (Lipinski definition) is 7. The summed E-state index contributed by atoms with van der Waals surface area (Å²) in [5.41, 5.74) is 9.60. The van der Waals surface area contributed by atoms with Crippen molar-refractivity contribution in [1.82, 2.24) is 19.6 Å². The van der Waals surface area contributed by atoms with Crippen LogP contribution in [-0.4, -0.2) is 38.2 Å². The minimum absolute atomic E-state index is 0.212. The lowest BCUT2D eigenvalue weighted by molar-refractivity contribution is 0.0526. The van der Waals surface area contributed by atoms with Crippen molar-refractivity contribution in [2.75, 3.05) is 23.0 Å². The molecule has 0 fully saturated rings. The van der Waals surface area contributed by atoms with Gasteiger partial charge >= 0.3 is 12.0 Å². The van der Waals surface area contributed by atoms with Crippen LogP contribution in [0.5, 0.6) is 0 Å². The summed E-state index contributed by atoms with van der Waals surface area (Å²) in [6, 6.07) is 10.1. The van der Waals surface area contributed by atoms with Crippen LogP contribution in [0.2, 0.25) is 0 Å². The summed E-state index contributed by atoms with van der Waals surface area (Å²) in [5, 5.41) is 9.63. The highest BCUT2D eigenvalue weighted by Crippen LogP contribution is 2.38. The predicted molar refractivity (Wildman–Crippen MR) is 128 cm³/mol. The van der Waals surface area contributed by atoms with Crippen LogP contribution in [-0.2, 0) is 4.74 Å². The first-order valence-electron chi connectivity index (χ1n) is 9.98. The van der Waals surface area contributed by atoms with Crippen LogP contribution in [0.25, 0.3) is 16.6 Å². The Kier molecular flexibility index (Phi) is 6.22. The molecular formula is C22H20BrN7O3. The summed E-state index contributed by atoms with van der Waals surface area (Å²) in [6.45, 7) is 3.86. The fraction of sp³-hybridized carbons (Fsp3) is 0.136. The largest absolute Gasteiger partial charge is 0.462 e. The molecule has 4 N–H and O–H groups in total. The van der Waals surface area contributed by atoms with Crippen LogP contribution in [0.3, 0.4) is 0 Å². The maximum absolute atomic E-state index is 12.7. The van der Waals surface area contributed by atoms with Gasteiger partial charge in [0.05, 0.1) is 6.61 Å². The maximum atomic E-state index is 12.7. The second kappa shape index (κ2) is 9.25. The van der Waals surface area contributed by atoms with E-state index in [0.29, 0.717) is 32.8 Å². The predicted octanol–water partition coefficient (Wildman–Crippen LogP) is 4.27. The fourth-order valence-corrected chi connectivity index (χ4v) is 3.98. The molecule has 0 saturated carbocycles. The summed E-state index contributed by atoms with van der Waals surface area (Å²) in [5.74, 6) is 0.142. The van der Waals surface area contributed by atoms with Crippen molar-refractivity contribution in [3.05, 3.63) is 64.7 Å². The second-order valence-corrected chi connectivity index (χ2v) is 7.79. The minimum Gasteiger partial charge on any atom is -0.462 e. The average molecular weight is 510 g/mol. The van der Waals surface area contributed by atoms with Crippen LogP contribution >= 0.6 is 15.9 Å². The molecule has 0 saturated heterocycles. The van der Waals surface area contributed by atoms with E-state index in [0.717, 1.165) is 5.56 Å². The first-order chi connectivity index (χ1) is 15.9. The second-order valence-electron chi connectivity index (χ2n) is 7.04. The van der Waals surface area contributed by atoms with Crippen molar-refractivity contribution in [1.29, 1.82) is 0 Å². The Labute approximate surface area is 197 Å². The monoisotopic (exact) mass is 509 g/mol. The molecule has 4 rings (SSSR count). The molecule has 3 aromatic heterocycles. The number of nitrogens with one attached hydrogen (secondary N) is 2. The van der Waals surface area contributed by atoms with Gasteiger partial charge in [-0.15, -0.1) is 0 Å². The van der Waals surface area contributed by atoms with Crippen LogP contribution in [0.1, 0.15) is 22.8 Å². The lowest BCUT2D eigenvalue weighted by Crippen LogP contribution is -2.20. The molecule has 0 aliphatic carbocycles. The molecule has 2 amide bonds. The summed E-state index contributed by atoms with van der Waals surface area (Å²) in [4.78, 5) is 33.2. The number of carbonyl (C=O) groups is 2. The number of pyridine rings is 1. The van der Waals surface area contributed by atoms with E-state index in [1.807, 2.05) is 13.0 Å². The Bertz CT molecular complexity index is 1350. The Morgan fingerprint density at radius 2 is 1.91 bits per heavy atom. The van der Waals surface area contributed by atoms with E-state index in [4.69, 9.17) is 10.5 Å². The third-order valence-corrected chi connectivity index (χ3v) is 5.50. The molecule has 4 aromatic rings. The van der Waals surface area contributed by atoms with Crippen LogP contribution in [0.4, 0.5) is 22.1 Å². The van der Waals surface area contributed by atoms with E-state index in [1.54, 1.807) is 43.5 Å². The number of urea groups is 1. The highest BCUT2D eigenvalue weighted by molar-refractivity contribution is 9.10. The molecule has 33 heavy (non-hydrogen) atoms. The van der Waals surface area contributed by atoms with Gasteiger partial charge in [0.1, 0.15) is 27.8 Å². The minimum atomic E-state index is -0.517. The molecule has 0 atom stereocenters. The number of benzene rings is 1. The number of nitrogens with zero attached hydrogens (tertiary/aromatic N) is 4. The number of esters is 1. The van der Waals surface area contributed by atoms with Crippen molar-refractivity contribution in [3.8, 4) is 11.1 Å². The number of aromatic nitrogens is 4. The number of fused-ring (bicyclic) bond motifs is 1. The smallest absolute Gasteiger partial charge is 0.341 e. The SMILES string of the molecule is CCOC(=O)c1c(-c2ccc(NC(=O)Nc3cc(C)ccn3)cc2)c2c(N)ncnn2c1Br. The van der Waals surface area contributed by atoms with Gasteiger partial charge in [0, 0.05) is 17.4 Å². The normalized spacial score (nSPS) is 10.8. The Morgan fingerprint density at radius 3 is 2.61 bits per heavy atom. The molecular weight excluding hydrogens is 490 g/mol. The van der Waals surface area contributed by atoms with E-state index in [-0.39, 0.29) is 18.0 Å². The van der Waals surface area contributed by atoms with Gasteiger partial charge in [-0.05, 0) is 65.2 Å². The number of nitrogens with two attached hydrogens (primary N) is 1. The van der Waals surface area contributed by atoms with Gasteiger partial charge in [-0.1, -0.05) is 12.1 Å². The van der Waals surface area contributed by atoms with E-state index in [9.17, 15) is 9.59 Å². The van der Waals surface area contributed by atoms with Gasteiger partial charge in [0.2, 0.25) is 0 Å². The number of aryl methyl sites for hydroxylation is 1. The number of halogens is 1. The van der Waals surface area contributed by atoms with Gasteiger partial charge in [-0.2, -0.15) is 5.10 Å². The van der Waals surface area contributed by atoms with E-state index >= 15 is 0 Å². The van der Waals surface area contributed by atoms with Gasteiger partial charge in [0.15, 0.2) is 5.82 Å². The van der Waals surface area contributed by atoms with Crippen LogP contribution in [0.15, 0.2) is 53.5 Å². The van der Waals surface area contributed by atoms with Crippen LogP contribution in [0, 0.1) is 6.92 Å². The zero-order chi connectivity index (χ0) is 23.5. The van der Waals surface area contributed by atoms with E-state index in [2.05, 4.69) is 41.6 Å². The zero-order valence-electron chi connectivity index (χ0n) is 17.8. The Hall–Kier alpha value is -3.99. The number of ether oxygens (including phenoxy) is 1. The van der Waals surface area contributed by atoms with Crippen molar-refractivity contribution in [3.63, 3.8) is 0 Å². The van der Waals surface area contributed by atoms with Crippen LogP contribution < -0.4 is 16.4 Å². The number of amides is 2. The number of carbonyl (C=O) groups excluding carboxylic acids is 2. The number of anilines is 3. The highest BCUT2D eigenvalue weighted by atomic mass is 79.9. The van der Waals surface area contributed by atoms with E-state index in [1.165, 1.54) is 10.8 Å². The van der Waals surface area contributed by atoms with Crippen molar-refractivity contribution in [2.24, 2.45) is 0 Å². The van der Waals surface area contributed by atoms with Gasteiger partial charge in [0.25, 0.3) is 0 Å². The Balaban J connectivity index is 1.66. The van der Waals surface area contributed by atoms with Crippen molar-refractivity contribution in [2.45, 2.75) is 13.8 Å². The molecule has 0 bridgehead atoms. The highest BCUT2D eigenvalue weighted by Gasteiger charge is 2.27. The molecule has 1 aromatic carbocycles. The van der Waals surface area contributed by atoms with E-state index < -0.39 is 12.0 Å². The van der Waals surface area contributed by atoms with Gasteiger partial charge in [-0.25, -0.2) is 24.1 Å². The standard InChI is InChI=1S/C22H20BrN7O3/c1-3-33-21(31)17-16(18-20(24)26-11-27-30(18)19(17)23)13-4-6-14(7-5-13)28-22(32)29-15-10-12(2)8-9-25-15/h4-11H,3H2,1-2H3,(H2,24,26,27)(H2,25,28,29,32). The van der Waals surface area contributed by atoms with Crippen molar-refractivity contribution < 1.29 is 14.3 Å². The molecule has 3 heterocycles. The first-order valence-corrected chi connectivity index (χ1v) is 10.8. The lowest BCUT2D eigenvalue weighted by atomic mass is 10.0.